The SMILES string of the molecule is O=C(NC(Cn1cncn1)c1ccccc1)c1ccc(S(=O)(=O)C(F)(F)F)cc1. The zero-order chi connectivity index (χ0) is 21.1. The predicted molar refractivity (Wildman–Crippen MR) is 96.4 cm³/mol. The second-order valence-corrected chi connectivity index (χ2v) is 7.97. The first kappa shape index (κ1) is 20.5. The van der Waals surface area contributed by atoms with Crippen LogP contribution < -0.4 is 5.32 Å². The van der Waals surface area contributed by atoms with E-state index < -0.39 is 32.2 Å². The molecule has 1 amide bonds. The van der Waals surface area contributed by atoms with Gasteiger partial charge >= 0.3 is 5.51 Å². The van der Waals surface area contributed by atoms with E-state index >= 15 is 0 Å². The van der Waals surface area contributed by atoms with Crippen molar-refractivity contribution in [1.82, 2.24) is 20.1 Å². The third kappa shape index (κ3) is 4.62. The number of rotatable bonds is 6. The van der Waals surface area contributed by atoms with Crippen molar-refractivity contribution in [1.29, 1.82) is 0 Å². The predicted octanol–water partition coefficient (Wildman–Crippen LogP) is 2.74. The number of amides is 1. The molecule has 1 unspecified atom stereocenters. The first-order valence-corrected chi connectivity index (χ1v) is 9.76. The minimum absolute atomic E-state index is 0.0191. The highest BCUT2D eigenvalue weighted by atomic mass is 32.2. The van der Waals surface area contributed by atoms with E-state index in [-0.39, 0.29) is 12.1 Å². The number of nitrogens with zero attached hydrogens (tertiary/aromatic N) is 3. The van der Waals surface area contributed by atoms with E-state index in [1.165, 1.54) is 17.3 Å². The van der Waals surface area contributed by atoms with Crippen LogP contribution in [0.25, 0.3) is 0 Å². The van der Waals surface area contributed by atoms with Crippen molar-refractivity contribution in [3.8, 4) is 0 Å². The van der Waals surface area contributed by atoms with Crippen LogP contribution in [0, 0.1) is 0 Å². The van der Waals surface area contributed by atoms with Gasteiger partial charge in [0.05, 0.1) is 17.5 Å². The summed E-state index contributed by atoms with van der Waals surface area (Å²) in [5.41, 5.74) is -4.61. The standard InChI is InChI=1S/C18H15F3N4O3S/c19-18(20,21)29(27,28)15-8-6-14(7-9-15)17(26)24-16(10-25-12-22-11-23-25)13-4-2-1-3-5-13/h1-9,11-12,16H,10H2,(H,24,26). The van der Waals surface area contributed by atoms with Crippen LogP contribution in [0.1, 0.15) is 22.0 Å². The van der Waals surface area contributed by atoms with Crippen LogP contribution in [0.4, 0.5) is 13.2 Å². The highest BCUT2D eigenvalue weighted by Crippen LogP contribution is 2.30. The van der Waals surface area contributed by atoms with Gasteiger partial charge in [-0.2, -0.15) is 18.3 Å². The smallest absolute Gasteiger partial charge is 0.343 e. The van der Waals surface area contributed by atoms with Gasteiger partial charge < -0.3 is 5.32 Å². The molecule has 1 N–H and O–H groups in total. The van der Waals surface area contributed by atoms with Crippen LogP contribution in [0.3, 0.4) is 0 Å². The fraction of sp³-hybridized carbons (Fsp3) is 0.167. The number of benzene rings is 2. The molecule has 0 spiro atoms. The molecule has 1 atom stereocenters. The fourth-order valence-electron chi connectivity index (χ4n) is 2.59. The first-order chi connectivity index (χ1) is 13.7. The molecule has 11 heteroatoms. The van der Waals surface area contributed by atoms with Crippen LogP contribution >= 0.6 is 0 Å². The average Bonchev–Trinajstić information content (AvgIpc) is 3.20. The summed E-state index contributed by atoms with van der Waals surface area (Å²) in [6, 6.07) is 12.1. The summed E-state index contributed by atoms with van der Waals surface area (Å²) >= 11 is 0. The number of halogens is 3. The minimum Gasteiger partial charge on any atom is -0.343 e. The lowest BCUT2D eigenvalue weighted by atomic mass is 10.1. The largest absolute Gasteiger partial charge is 0.501 e. The van der Waals surface area contributed by atoms with Gasteiger partial charge in [0.2, 0.25) is 0 Å². The van der Waals surface area contributed by atoms with Crippen molar-refractivity contribution < 1.29 is 26.4 Å². The van der Waals surface area contributed by atoms with E-state index in [0.29, 0.717) is 0 Å². The Labute approximate surface area is 164 Å². The van der Waals surface area contributed by atoms with Gasteiger partial charge in [-0.05, 0) is 29.8 Å². The van der Waals surface area contributed by atoms with Crippen molar-refractivity contribution in [3.63, 3.8) is 0 Å². The van der Waals surface area contributed by atoms with Gasteiger partial charge in [0.1, 0.15) is 12.7 Å². The Kier molecular flexibility index (Phi) is 5.69. The third-order valence-corrected chi connectivity index (χ3v) is 5.58. The molecule has 0 bridgehead atoms. The lowest BCUT2D eigenvalue weighted by Crippen LogP contribution is -2.31. The zero-order valence-electron chi connectivity index (χ0n) is 14.7. The van der Waals surface area contributed by atoms with Gasteiger partial charge in [0.25, 0.3) is 15.7 Å². The molecule has 0 saturated carbocycles. The lowest BCUT2D eigenvalue weighted by Gasteiger charge is -2.19. The number of sulfone groups is 1. The molecule has 1 aromatic heterocycles. The number of nitrogens with one attached hydrogen (secondary N) is 1. The quantitative estimate of drug-likeness (QED) is 0.657. The van der Waals surface area contributed by atoms with E-state index in [1.54, 1.807) is 24.3 Å². The molecular weight excluding hydrogens is 409 g/mol. The highest BCUT2D eigenvalue weighted by molar-refractivity contribution is 7.92. The second-order valence-electron chi connectivity index (χ2n) is 6.03. The maximum atomic E-state index is 12.6. The number of alkyl halides is 3. The van der Waals surface area contributed by atoms with Crippen LogP contribution in [0.5, 0.6) is 0 Å². The van der Waals surface area contributed by atoms with Gasteiger partial charge in [0, 0.05) is 5.56 Å². The summed E-state index contributed by atoms with van der Waals surface area (Å²) in [5, 5.41) is 6.78. The topological polar surface area (TPSA) is 93.9 Å². The molecule has 0 radical (unpaired) electrons. The van der Waals surface area contributed by atoms with Gasteiger partial charge in [0.15, 0.2) is 0 Å². The van der Waals surface area contributed by atoms with E-state index in [4.69, 9.17) is 0 Å². The number of carbonyl (C=O) groups is 1. The van der Waals surface area contributed by atoms with Crippen molar-refractivity contribution in [3.05, 3.63) is 78.4 Å². The molecule has 2 aromatic carbocycles. The number of hydrogen-bond donors (Lipinski definition) is 1. The summed E-state index contributed by atoms with van der Waals surface area (Å²) in [6.07, 6.45) is 2.84. The van der Waals surface area contributed by atoms with Gasteiger partial charge in [-0.15, -0.1) is 0 Å². The summed E-state index contributed by atoms with van der Waals surface area (Å²) in [6.45, 7) is 0.274. The lowest BCUT2D eigenvalue weighted by molar-refractivity contribution is -0.0436. The Morgan fingerprint density at radius 1 is 1.07 bits per heavy atom. The Morgan fingerprint density at radius 2 is 1.72 bits per heavy atom. The number of hydrogen-bond acceptors (Lipinski definition) is 5. The highest BCUT2D eigenvalue weighted by Gasteiger charge is 2.46. The minimum atomic E-state index is -5.47. The third-order valence-electron chi connectivity index (χ3n) is 4.07. The maximum absolute atomic E-state index is 12.6. The molecule has 29 heavy (non-hydrogen) atoms. The summed E-state index contributed by atoms with van der Waals surface area (Å²) in [4.78, 5) is 15.5. The van der Waals surface area contributed by atoms with E-state index in [9.17, 15) is 26.4 Å². The van der Waals surface area contributed by atoms with E-state index in [0.717, 1.165) is 29.8 Å². The normalized spacial score (nSPS) is 13.1. The number of carbonyl (C=O) groups excluding carboxylic acids is 1. The second kappa shape index (κ2) is 8.03. The molecule has 0 aliphatic carbocycles. The van der Waals surface area contributed by atoms with Crippen LogP contribution in [0.2, 0.25) is 0 Å². The maximum Gasteiger partial charge on any atom is 0.501 e. The first-order valence-electron chi connectivity index (χ1n) is 8.28. The molecule has 0 aliphatic heterocycles. The molecule has 7 nitrogen and oxygen atoms in total. The van der Waals surface area contributed by atoms with Gasteiger partial charge in [-0.25, -0.2) is 13.4 Å². The monoisotopic (exact) mass is 424 g/mol. The van der Waals surface area contributed by atoms with Crippen LogP contribution in [-0.4, -0.2) is 34.6 Å². The molecule has 3 rings (SSSR count). The van der Waals surface area contributed by atoms with Crippen molar-refractivity contribution in [2.24, 2.45) is 0 Å². The Balaban J connectivity index is 1.81. The van der Waals surface area contributed by atoms with Crippen molar-refractivity contribution in [2.75, 3.05) is 0 Å². The Bertz CT molecular complexity index is 1070. The Morgan fingerprint density at radius 3 is 2.28 bits per heavy atom. The van der Waals surface area contributed by atoms with Crippen molar-refractivity contribution >= 4 is 15.7 Å². The Hall–Kier alpha value is -3.21. The van der Waals surface area contributed by atoms with Crippen LogP contribution in [0.15, 0.2) is 72.1 Å². The summed E-state index contributed by atoms with van der Waals surface area (Å²) in [5.74, 6) is -0.574. The molecule has 0 saturated heterocycles. The molecular formula is C18H15F3N4O3S. The number of aromatic nitrogens is 3. The van der Waals surface area contributed by atoms with Gasteiger partial charge in [-0.1, -0.05) is 30.3 Å². The summed E-state index contributed by atoms with van der Waals surface area (Å²) in [7, 11) is -5.47. The molecule has 1 heterocycles. The van der Waals surface area contributed by atoms with E-state index in [1.807, 2.05) is 6.07 Å². The van der Waals surface area contributed by atoms with Gasteiger partial charge in [-0.3, -0.25) is 9.48 Å². The molecule has 152 valence electrons. The van der Waals surface area contributed by atoms with E-state index in [2.05, 4.69) is 15.4 Å². The molecule has 3 aromatic rings. The van der Waals surface area contributed by atoms with Crippen LogP contribution in [-0.2, 0) is 16.4 Å². The van der Waals surface area contributed by atoms with Crippen molar-refractivity contribution in [2.45, 2.75) is 23.0 Å². The molecule has 0 fully saturated rings. The average molecular weight is 424 g/mol. The zero-order valence-corrected chi connectivity index (χ0v) is 15.6. The summed E-state index contributed by atoms with van der Waals surface area (Å²) < 4.78 is 62.3. The fourth-order valence-corrected chi connectivity index (χ4v) is 3.36. The molecule has 0 aliphatic rings.